The molecule has 0 aromatic carbocycles. The maximum Gasteiger partial charge on any atom is 0.331 e. The molecule has 0 aromatic rings. The minimum atomic E-state index is -1.08. The number of carbonyl (C=O) groups excluding carboxylic acids is 1. The van der Waals surface area contributed by atoms with E-state index >= 15 is 0 Å². The van der Waals surface area contributed by atoms with Gasteiger partial charge in [-0.25, -0.2) is 4.79 Å². The van der Waals surface area contributed by atoms with Gasteiger partial charge in [0.25, 0.3) is 0 Å². The molecule has 0 aliphatic carbocycles. The van der Waals surface area contributed by atoms with Crippen LogP contribution in [0.4, 0.5) is 0 Å². The van der Waals surface area contributed by atoms with Crippen molar-refractivity contribution in [2.75, 3.05) is 6.54 Å². The zero-order valence-electron chi connectivity index (χ0n) is 7.76. The van der Waals surface area contributed by atoms with Gasteiger partial charge in [-0.3, -0.25) is 4.79 Å². The molecular weight excluding hydrogens is 170 g/mol. The first-order valence-electron chi connectivity index (χ1n) is 3.80. The molecule has 4 heteroatoms. The first-order chi connectivity index (χ1) is 6.00. The number of rotatable bonds is 4. The molecule has 0 heterocycles. The van der Waals surface area contributed by atoms with Crippen LogP contribution in [-0.4, -0.2) is 23.5 Å². The molecule has 0 saturated carbocycles. The summed E-state index contributed by atoms with van der Waals surface area (Å²) in [4.78, 5) is 21.6. The van der Waals surface area contributed by atoms with Gasteiger partial charge in [0, 0.05) is 17.7 Å². The lowest BCUT2D eigenvalue weighted by atomic mass is 10.1. The van der Waals surface area contributed by atoms with E-state index in [9.17, 15) is 9.59 Å². The van der Waals surface area contributed by atoms with Crippen LogP contribution in [0.2, 0.25) is 0 Å². The predicted molar refractivity (Wildman–Crippen MR) is 49.2 cm³/mol. The normalized spacial score (nSPS) is 11.5. The van der Waals surface area contributed by atoms with E-state index in [1.54, 1.807) is 0 Å². The van der Waals surface area contributed by atoms with Crippen LogP contribution >= 0.6 is 0 Å². The molecular formula is C9H13NO3. The van der Waals surface area contributed by atoms with Crippen LogP contribution in [0.5, 0.6) is 0 Å². The van der Waals surface area contributed by atoms with Gasteiger partial charge in [0.1, 0.15) is 0 Å². The number of amides is 1. The van der Waals surface area contributed by atoms with Crippen molar-refractivity contribution >= 4 is 11.9 Å². The highest BCUT2D eigenvalue weighted by Gasteiger charge is 2.11. The summed E-state index contributed by atoms with van der Waals surface area (Å²) < 4.78 is 0. The number of aliphatic carboxylic acids is 1. The third-order valence-electron chi connectivity index (χ3n) is 1.63. The average molecular weight is 183 g/mol. The fourth-order valence-electron chi connectivity index (χ4n) is 0.628. The van der Waals surface area contributed by atoms with E-state index in [0.717, 1.165) is 0 Å². The summed E-state index contributed by atoms with van der Waals surface area (Å²) in [5, 5.41) is 11.1. The van der Waals surface area contributed by atoms with Gasteiger partial charge < -0.3 is 10.4 Å². The molecule has 0 spiro atoms. The second-order valence-electron chi connectivity index (χ2n) is 2.55. The Morgan fingerprint density at radius 1 is 1.38 bits per heavy atom. The Morgan fingerprint density at radius 3 is 2.31 bits per heavy atom. The summed E-state index contributed by atoms with van der Waals surface area (Å²) in [5.74, 6) is -1.45. The maximum absolute atomic E-state index is 11.2. The van der Waals surface area contributed by atoms with Crippen molar-refractivity contribution in [2.24, 2.45) is 0 Å². The van der Waals surface area contributed by atoms with E-state index in [1.165, 1.54) is 19.9 Å². The van der Waals surface area contributed by atoms with Crippen molar-refractivity contribution in [3.63, 3.8) is 0 Å². The Bertz CT molecular complexity index is 266. The van der Waals surface area contributed by atoms with Crippen molar-refractivity contribution in [3.05, 3.63) is 23.8 Å². The maximum atomic E-state index is 11.2. The molecule has 2 N–H and O–H groups in total. The highest BCUT2D eigenvalue weighted by Crippen LogP contribution is 2.02. The van der Waals surface area contributed by atoms with Crippen molar-refractivity contribution in [3.8, 4) is 0 Å². The van der Waals surface area contributed by atoms with Crippen LogP contribution < -0.4 is 5.32 Å². The second-order valence-corrected chi connectivity index (χ2v) is 2.55. The van der Waals surface area contributed by atoms with E-state index in [-0.39, 0.29) is 17.1 Å². The molecule has 1 amide bonds. The topological polar surface area (TPSA) is 66.4 Å². The van der Waals surface area contributed by atoms with Gasteiger partial charge in [-0.2, -0.15) is 0 Å². The lowest BCUT2D eigenvalue weighted by molar-refractivity contribution is -0.133. The van der Waals surface area contributed by atoms with E-state index < -0.39 is 5.97 Å². The van der Waals surface area contributed by atoms with Gasteiger partial charge in [0.15, 0.2) is 0 Å². The summed E-state index contributed by atoms with van der Waals surface area (Å²) in [5.41, 5.74) is 0.274. The smallest absolute Gasteiger partial charge is 0.331 e. The van der Waals surface area contributed by atoms with Gasteiger partial charge >= 0.3 is 5.97 Å². The lowest BCUT2D eigenvalue weighted by Crippen LogP contribution is -2.25. The average Bonchev–Trinajstić information content (AvgIpc) is 2.11. The molecule has 0 fully saturated rings. The number of carbonyl (C=O) groups is 2. The minimum absolute atomic E-state index is 0.0570. The third kappa shape index (κ3) is 3.55. The zero-order valence-corrected chi connectivity index (χ0v) is 7.76. The summed E-state index contributed by atoms with van der Waals surface area (Å²) in [7, 11) is 0. The number of hydrogen-bond acceptors (Lipinski definition) is 2. The van der Waals surface area contributed by atoms with Gasteiger partial charge in [0.2, 0.25) is 5.91 Å². The Kier molecular flexibility index (Phi) is 4.51. The summed E-state index contributed by atoms with van der Waals surface area (Å²) in [6, 6.07) is 0. The molecule has 0 aliphatic heterocycles. The Balaban J connectivity index is 4.48. The molecule has 0 bridgehead atoms. The molecule has 0 unspecified atom stereocenters. The van der Waals surface area contributed by atoms with Crippen LogP contribution in [0, 0.1) is 0 Å². The van der Waals surface area contributed by atoms with Crippen LogP contribution in [0.3, 0.4) is 0 Å². The quantitative estimate of drug-likeness (QED) is 0.498. The van der Waals surface area contributed by atoms with Crippen LogP contribution in [0.25, 0.3) is 0 Å². The summed E-state index contributed by atoms with van der Waals surface area (Å²) >= 11 is 0. The van der Waals surface area contributed by atoms with Crippen LogP contribution in [0.1, 0.15) is 13.8 Å². The van der Waals surface area contributed by atoms with Crippen LogP contribution in [-0.2, 0) is 9.59 Å². The molecule has 13 heavy (non-hydrogen) atoms. The fraction of sp³-hybridized carbons (Fsp3) is 0.333. The van der Waals surface area contributed by atoms with Gasteiger partial charge in [-0.1, -0.05) is 6.08 Å². The monoisotopic (exact) mass is 183 g/mol. The van der Waals surface area contributed by atoms with Gasteiger partial charge in [0.05, 0.1) is 0 Å². The summed E-state index contributed by atoms with van der Waals surface area (Å²) in [6.07, 6.45) is 1.53. The highest BCUT2D eigenvalue weighted by molar-refractivity contribution is 6.01. The third-order valence-corrected chi connectivity index (χ3v) is 1.63. The van der Waals surface area contributed by atoms with E-state index in [1.807, 2.05) is 0 Å². The van der Waals surface area contributed by atoms with E-state index in [0.29, 0.717) is 6.54 Å². The largest absolute Gasteiger partial charge is 0.478 e. The van der Waals surface area contributed by atoms with Crippen molar-refractivity contribution in [2.45, 2.75) is 13.8 Å². The van der Waals surface area contributed by atoms with Gasteiger partial charge in [-0.05, 0) is 13.8 Å². The van der Waals surface area contributed by atoms with Crippen molar-refractivity contribution < 1.29 is 14.7 Å². The predicted octanol–water partition coefficient (Wildman–Crippen LogP) is 0.710. The van der Waals surface area contributed by atoms with Crippen LogP contribution in [0.15, 0.2) is 23.8 Å². The van der Waals surface area contributed by atoms with Gasteiger partial charge in [-0.15, -0.1) is 6.58 Å². The molecule has 0 aliphatic rings. The zero-order chi connectivity index (χ0) is 10.4. The fourth-order valence-corrected chi connectivity index (χ4v) is 0.628. The van der Waals surface area contributed by atoms with E-state index in [2.05, 4.69) is 11.9 Å². The number of nitrogens with one attached hydrogen (secondary N) is 1. The molecule has 0 radical (unpaired) electrons. The molecule has 4 nitrogen and oxygen atoms in total. The Morgan fingerprint density at radius 2 is 1.92 bits per heavy atom. The molecule has 0 rings (SSSR count). The number of carboxylic acid groups (broad SMARTS) is 1. The Hall–Kier alpha value is -1.58. The second kappa shape index (κ2) is 5.13. The first kappa shape index (κ1) is 11.4. The van der Waals surface area contributed by atoms with E-state index in [4.69, 9.17) is 5.11 Å². The number of hydrogen-bond donors (Lipinski definition) is 2. The summed E-state index contributed by atoms with van der Waals surface area (Å²) in [6.45, 7) is 6.63. The van der Waals surface area contributed by atoms with Crippen molar-refractivity contribution in [1.29, 1.82) is 0 Å². The highest BCUT2D eigenvalue weighted by atomic mass is 16.4. The number of carboxylic acids is 1. The minimum Gasteiger partial charge on any atom is -0.478 e. The lowest BCUT2D eigenvalue weighted by Gasteiger charge is -2.03. The Labute approximate surface area is 76.9 Å². The van der Waals surface area contributed by atoms with Crippen molar-refractivity contribution in [1.82, 2.24) is 5.32 Å². The first-order valence-corrected chi connectivity index (χ1v) is 3.80. The molecule has 0 aromatic heterocycles. The molecule has 0 atom stereocenters. The SMILES string of the molecule is C=CCNC(=O)C(C)=C(C)C(=O)O. The standard InChI is InChI=1S/C9H13NO3/c1-4-5-10-8(11)6(2)7(3)9(12)13/h4H,1,5H2,2-3H3,(H,10,11)(H,12,13). The molecule has 72 valence electrons. The molecule has 0 saturated heterocycles.